The average molecular weight is 226 g/mol. The first-order valence-corrected chi connectivity index (χ1v) is 5.29. The minimum absolute atomic E-state index is 0.0545. The predicted molar refractivity (Wildman–Crippen MR) is 55.9 cm³/mol. The van der Waals surface area contributed by atoms with E-state index in [1.807, 2.05) is 20.8 Å². The van der Waals surface area contributed by atoms with Crippen LogP contribution < -0.4 is 5.32 Å². The van der Waals surface area contributed by atoms with Crippen molar-refractivity contribution in [2.24, 2.45) is 0 Å². The van der Waals surface area contributed by atoms with Crippen molar-refractivity contribution < 1.29 is 13.2 Å². The third kappa shape index (κ3) is 5.99. The fourth-order valence-corrected chi connectivity index (χ4v) is 1.50. The molecule has 0 aromatic rings. The summed E-state index contributed by atoms with van der Waals surface area (Å²) in [6, 6.07) is -0.0597. The van der Waals surface area contributed by atoms with Gasteiger partial charge < -0.3 is 5.32 Å². The second-order valence-electron chi connectivity index (χ2n) is 3.90. The van der Waals surface area contributed by atoms with Gasteiger partial charge in [-0.25, -0.2) is 0 Å². The summed E-state index contributed by atoms with van der Waals surface area (Å²) in [6.45, 7) is 5.26. The molecule has 15 heavy (non-hydrogen) atoms. The molecule has 1 N–H and O–H groups in total. The SMILES string of the molecule is CCCN(CC(F)(F)F)C(C)C(C)NC. The summed E-state index contributed by atoms with van der Waals surface area (Å²) in [6.07, 6.45) is -3.38. The van der Waals surface area contributed by atoms with E-state index in [1.54, 1.807) is 7.05 Å². The Kier molecular flexibility index (Phi) is 6.20. The van der Waals surface area contributed by atoms with Gasteiger partial charge in [-0.05, 0) is 33.9 Å². The predicted octanol–water partition coefficient (Wildman–Crippen LogP) is 2.26. The molecule has 2 atom stereocenters. The van der Waals surface area contributed by atoms with Gasteiger partial charge in [0, 0.05) is 12.1 Å². The molecule has 0 spiro atoms. The molecular formula is C10H21F3N2. The lowest BCUT2D eigenvalue weighted by atomic mass is 10.1. The van der Waals surface area contributed by atoms with E-state index in [1.165, 1.54) is 4.90 Å². The Morgan fingerprint density at radius 1 is 1.27 bits per heavy atom. The van der Waals surface area contributed by atoms with Crippen molar-refractivity contribution in [3.63, 3.8) is 0 Å². The van der Waals surface area contributed by atoms with Crippen LogP contribution in [0.1, 0.15) is 27.2 Å². The van der Waals surface area contributed by atoms with Gasteiger partial charge in [0.25, 0.3) is 0 Å². The molecule has 5 heteroatoms. The van der Waals surface area contributed by atoms with Gasteiger partial charge in [0.15, 0.2) is 0 Å². The molecule has 2 nitrogen and oxygen atoms in total. The highest BCUT2D eigenvalue weighted by Gasteiger charge is 2.33. The standard InChI is InChI=1S/C10H21F3N2/c1-5-6-15(7-10(11,12)13)9(3)8(2)14-4/h8-9,14H,5-7H2,1-4H3. The molecule has 92 valence electrons. The lowest BCUT2D eigenvalue weighted by molar-refractivity contribution is -0.151. The molecule has 0 heterocycles. The quantitative estimate of drug-likeness (QED) is 0.747. The molecule has 0 amide bonds. The highest BCUT2D eigenvalue weighted by molar-refractivity contribution is 4.78. The van der Waals surface area contributed by atoms with Crippen LogP contribution in [-0.2, 0) is 0 Å². The summed E-state index contributed by atoms with van der Waals surface area (Å²) in [5, 5.41) is 2.98. The summed E-state index contributed by atoms with van der Waals surface area (Å²) in [5.41, 5.74) is 0. The van der Waals surface area contributed by atoms with Gasteiger partial charge >= 0.3 is 6.18 Å². The fourth-order valence-electron chi connectivity index (χ4n) is 1.50. The molecule has 0 aromatic carbocycles. The number of hydrogen-bond acceptors (Lipinski definition) is 2. The van der Waals surface area contributed by atoms with Crippen LogP contribution in [0.15, 0.2) is 0 Å². The molecule has 0 rings (SSSR count). The van der Waals surface area contributed by atoms with E-state index < -0.39 is 12.7 Å². The highest BCUT2D eigenvalue weighted by atomic mass is 19.4. The van der Waals surface area contributed by atoms with Crippen LogP contribution in [0.3, 0.4) is 0 Å². The van der Waals surface area contributed by atoms with Crippen molar-refractivity contribution in [2.75, 3.05) is 20.1 Å². The number of rotatable bonds is 6. The fraction of sp³-hybridized carbons (Fsp3) is 1.00. The van der Waals surface area contributed by atoms with Crippen LogP contribution in [0.25, 0.3) is 0 Å². The number of halogens is 3. The number of likely N-dealkylation sites (N-methyl/N-ethyl adjacent to an activating group) is 1. The highest BCUT2D eigenvalue weighted by Crippen LogP contribution is 2.19. The lowest BCUT2D eigenvalue weighted by Gasteiger charge is -2.33. The average Bonchev–Trinajstić information content (AvgIpc) is 2.13. The molecule has 0 aliphatic carbocycles. The van der Waals surface area contributed by atoms with Crippen molar-refractivity contribution in [3.05, 3.63) is 0 Å². The van der Waals surface area contributed by atoms with Gasteiger partial charge in [0.1, 0.15) is 0 Å². The van der Waals surface area contributed by atoms with Crippen LogP contribution in [-0.4, -0.2) is 43.3 Å². The maximum Gasteiger partial charge on any atom is 0.401 e. The molecule has 0 saturated carbocycles. The molecule has 0 aliphatic rings. The molecule has 0 aliphatic heterocycles. The van der Waals surface area contributed by atoms with E-state index in [0.29, 0.717) is 6.54 Å². The first kappa shape index (κ1) is 14.7. The zero-order valence-electron chi connectivity index (χ0n) is 9.86. The molecule has 0 radical (unpaired) electrons. The van der Waals surface area contributed by atoms with E-state index in [-0.39, 0.29) is 12.1 Å². The first-order chi connectivity index (χ1) is 6.81. The van der Waals surface area contributed by atoms with E-state index in [4.69, 9.17) is 0 Å². The number of alkyl halides is 3. The largest absolute Gasteiger partial charge is 0.401 e. The van der Waals surface area contributed by atoms with E-state index in [2.05, 4.69) is 5.32 Å². The van der Waals surface area contributed by atoms with Crippen LogP contribution in [0.5, 0.6) is 0 Å². The van der Waals surface area contributed by atoms with Crippen molar-refractivity contribution >= 4 is 0 Å². The normalized spacial score (nSPS) is 16.8. The second-order valence-corrected chi connectivity index (χ2v) is 3.90. The van der Waals surface area contributed by atoms with Crippen LogP contribution in [0, 0.1) is 0 Å². The zero-order chi connectivity index (χ0) is 12.1. The van der Waals surface area contributed by atoms with E-state index in [0.717, 1.165) is 6.42 Å². The number of hydrogen-bond donors (Lipinski definition) is 1. The smallest absolute Gasteiger partial charge is 0.316 e. The Bertz CT molecular complexity index is 171. The maximum absolute atomic E-state index is 12.3. The summed E-state index contributed by atoms with van der Waals surface area (Å²) in [5.74, 6) is 0. The van der Waals surface area contributed by atoms with Gasteiger partial charge in [-0.1, -0.05) is 6.92 Å². The Labute approximate surface area is 89.8 Å². The number of nitrogens with one attached hydrogen (secondary N) is 1. The molecule has 2 unspecified atom stereocenters. The Morgan fingerprint density at radius 2 is 1.80 bits per heavy atom. The molecular weight excluding hydrogens is 205 g/mol. The third-order valence-corrected chi connectivity index (χ3v) is 2.65. The van der Waals surface area contributed by atoms with Gasteiger partial charge in [-0.15, -0.1) is 0 Å². The monoisotopic (exact) mass is 226 g/mol. The minimum atomic E-state index is -4.11. The Balaban J connectivity index is 4.37. The van der Waals surface area contributed by atoms with Gasteiger partial charge in [0.2, 0.25) is 0 Å². The summed E-state index contributed by atoms with van der Waals surface area (Å²) in [7, 11) is 1.76. The second kappa shape index (κ2) is 6.33. The Hall–Kier alpha value is -0.290. The summed E-state index contributed by atoms with van der Waals surface area (Å²) >= 11 is 0. The van der Waals surface area contributed by atoms with Crippen molar-refractivity contribution in [2.45, 2.75) is 45.5 Å². The molecule has 0 saturated heterocycles. The van der Waals surface area contributed by atoms with Gasteiger partial charge in [-0.2, -0.15) is 13.2 Å². The molecule has 0 fully saturated rings. The number of nitrogens with zero attached hydrogens (tertiary/aromatic N) is 1. The lowest BCUT2D eigenvalue weighted by Crippen LogP contribution is -2.49. The molecule has 0 bridgehead atoms. The van der Waals surface area contributed by atoms with Crippen LogP contribution in [0.2, 0.25) is 0 Å². The van der Waals surface area contributed by atoms with Crippen LogP contribution in [0.4, 0.5) is 13.2 Å². The van der Waals surface area contributed by atoms with Crippen molar-refractivity contribution in [3.8, 4) is 0 Å². The molecule has 0 aromatic heterocycles. The Morgan fingerprint density at radius 3 is 2.13 bits per heavy atom. The van der Waals surface area contributed by atoms with Crippen molar-refractivity contribution in [1.29, 1.82) is 0 Å². The van der Waals surface area contributed by atoms with Gasteiger partial charge in [-0.3, -0.25) is 4.90 Å². The first-order valence-electron chi connectivity index (χ1n) is 5.29. The minimum Gasteiger partial charge on any atom is -0.316 e. The van der Waals surface area contributed by atoms with E-state index in [9.17, 15) is 13.2 Å². The van der Waals surface area contributed by atoms with Gasteiger partial charge in [0.05, 0.1) is 6.54 Å². The van der Waals surface area contributed by atoms with Crippen molar-refractivity contribution in [1.82, 2.24) is 10.2 Å². The van der Waals surface area contributed by atoms with Crippen LogP contribution >= 0.6 is 0 Å². The summed E-state index contributed by atoms with van der Waals surface area (Å²) < 4.78 is 36.9. The van der Waals surface area contributed by atoms with E-state index >= 15 is 0 Å². The maximum atomic E-state index is 12.3. The summed E-state index contributed by atoms with van der Waals surface area (Å²) in [4.78, 5) is 1.47. The topological polar surface area (TPSA) is 15.3 Å². The third-order valence-electron chi connectivity index (χ3n) is 2.65. The zero-order valence-corrected chi connectivity index (χ0v) is 9.86.